The lowest BCUT2D eigenvalue weighted by atomic mass is 9.96. The van der Waals surface area contributed by atoms with Crippen molar-refractivity contribution in [1.82, 2.24) is 24.8 Å². The molecule has 28 heavy (non-hydrogen) atoms. The summed E-state index contributed by atoms with van der Waals surface area (Å²) in [5, 5.41) is 12.6. The average Bonchev–Trinajstić information content (AvgIpc) is 3.33. The van der Waals surface area contributed by atoms with Gasteiger partial charge >= 0.3 is 0 Å². The van der Waals surface area contributed by atoms with Gasteiger partial charge in [-0.05, 0) is 37.3 Å². The van der Waals surface area contributed by atoms with Gasteiger partial charge < -0.3 is 14.0 Å². The molecule has 7 nitrogen and oxygen atoms in total. The van der Waals surface area contributed by atoms with Crippen LogP contribution in [0.25, 0.3) is 0 Å². The van der Waals surface area contributed by atoms with Crippen LogP contribution in [0.15, 0.2) is 28.8 Å². The Bertz CT molecular complexity index is 1040. The Morgan fingerprint density at radius 3 is 2.89 bits per heavy atom. The van der Waals surface area contributed by atoms with E-state index in [1.807, 2.05) is 10.6 Å². The molecule has 1 aliphatic carbocycles. The fourth-order valence-corrected chi connectivity index (χ4v) is 4.04. The van der Waals surface area contributed by atoms with Gasteiger partial charge in [0, 0.05) is 25.1 Å². The Morgan fingerprint density at radius 2 is 2.00 bits per heavy atom. The van der Waals surface area contributed by atoms with Crippen LogP contribution in [0.2, 0.25) is 0 Å². The average molecular weight is 381 g/mol. The molecule has 2 aliphatic rings. The largest absolute Gasteiger partial charge is 0.350 e. The van der Waals surface area contributed by atoms with Crippen molar-refractivity contribution in [2.75, 3.05) is 6.54 Å². The number of benzene rings is 1. The van der Waals surface area contributed by atoms with Crippen LogP contribution in [0, 0.1) is 5.82 Å². The highest BCUT2D eigenvalue weighted by atomic mass is 19.1. The van der Waals surface area contributed by atoms with E-state index >= 15 is 0 Å². The molecule has 0 bridgehead atoms. The van der Waals surface area contributed by atoms with Crippen molar-refractivity contribution < 1.29 is 13.7 Å². The molecule has 0 atom stereocenters. The lowest BCUT2D eigenvalue weighted by Gasteiger charge is -2.27. The molecule has 2 aromatic heterocycles. The van der Waals surface area contributed by atoms with Crippen molar-refractivity contribution in [1.29, 1.82) is 0 Å². The normalized spacial score (nSPS) is 16.0. The first-order valence-corrected chi connectivity index (χ1v) is 9.62. The number of hydrogen-bond donors (Lipinski definition) is 0. The summed E-state index contributed by atoms with van der Waals surface area (Å²) in [4.78, 5) is 14.7. The van der Waals surface area contributed by atoms with E-state index in [0.717, 1.165) is 36.9 Å². The summed E-state index contributed by atoms with van der Waals surface area (Å²) in [7, 11) is 0. The van der Waals surface area contributed by atoms with Gasteiger partial charge in [-0.2, -0.15) is 0 Å². The van der Waals surface area contributed by atoms with Crippen LogP contribution in [-0.4, -0.2) is 37.3 Å². The number of aromatic nitrogens is 4. The minimum absolute atomic E-state index is 0.138. The van der Waals surface area contributed by atoms with E-state index in [-0.39, 0.29) is 11.7 Å². The van der Waals surface area contributed by atoms with E-state index in [1.165, 1.54) is 6.07 Å². The van der Waals surface area contributed by atoms with Gasteiger partial charge in [-0.25, -0.2) is 4.39 Å². The number of nitrogens with zero attached hydrogens (tertiary/aromatic N) is 5. The first kappa shape index (κ1) is 17.1. The van der Waals surface area contributed by atoms with Crippen LogP contribution in [-0.2, 0) is 32.4 Å². The van der Waals surface area contributed by atoms with Gasteiger partial charge in [0.2, 0.25) is 5.76 Å². The van der Waals surface area contributed by atoms with Gasteiger partial charge in [0.25, 0.3) is 5.91 Å². The lowest BCUT2D eigenvalue weighted by molar-refractivity contribution is 0.0662. The molecule has 1 aliphatic heterocycles. The molecule has 0 saturated carbocycles. The molecule has 3 heterocycles. The van der Waals surface area contributed by atoms with E-state index in [9.17, 15) is 9.18 Å². The van der Waals surface area contributed by atoms with Gasteiger partial charge in [-0.3, -0.25) is 4.79 Å². The van der Waals surface area contributed by atoms with Crippen LogP contribution in [0.3, 0.4) is 0 Å². The number of fused-ring (bicyclic) bond motifs is 2. The molecule has 0 radical (unpaired) electrons. The molecular formula is C20H20FN5O2. The molecule has 8 heteroatoms. The maximum atomic E-state index is 13.9. The SMILES string of the molecule is O=C(c1onc2c1CCCC2)N1CCn2c(Cc3ccccc3F)nnc2C1. The smallest absolute Gasteiger partial charge is 0.293 e. The number of hydrogen-bond acceptors (Lipinski definition) is 5. The highest BCUT2D eigenvalue weighted by molar-refractivity contribution is 5.93. The second-order valence-electron chi connectivity index (χ2n) is 7.32. The van der Waals surface area contributed by atoms with Crippen LogP contribution >= 0.6 is 0 Å². The fourth-order valence-electron chi connectivity index (χ4n) is 4.04. The van der Waals surface area contributed by atoms with Gasteiger partial charge in [-0.1, -0.05) is 23.4 Å². The number of carbonyl (C=O) groups is 1. The summed E-state index contributed by atoms with van der Waals surface area (Å²) in [6.45, 7) is 1.47. The quantitative estimate of drug-likeness (QED) is 0.697. The molecule has 0 saturated heterocycles. The summed E-state index contributed by atoms with van der Waals surface area (Å²) in [5.41, 5.74) is 2.47. The molecule has 1 aromatic carbocycles. The summed E-state index contributed by atoms with van der Waals surface area (Å²) < 4.78 is 21.3. The Labute approximate surface area is 161 Å². The number of halogens is 1. The van der Waals surface area contributed by atoms with Crippen LogP contribution < -0.4 is 0 Å². The highest BCUT2D eigenvalue weighted by Crippen LogP contribution is 2.26. The Morgan fingerprint density at radius 1 is 1.14 bits per heavy atom. The van der Waals surface area contributed by atoms with Crippen molar-refractivity contribution in [3.8, 4) is 0 Å². The zero-order chi connectivity index (χ0) is 19.1. The zero-order valence-corrected chi connectivity index (χ0v) is 15.4. The van der Waals surface area contributed by atoms with Crippen molar-refractivity contribution in [3.63, 3.8) is 0 Å². The maximum Gasteiger partial charge on any atom is 0.293 e. The molecule has 144 valence electrons. The molecule has 5 rings (SSSR count). The fraction of sp³-hybridized carbons (Fsp3) is 0.400. The van der Waals surface area contributed by atoms with Crippen molar-refractivity contribution in [3.05, 3.63) is 64.3 Å². The first-order valence-electron chi connectivity index (χ1n) is 9.62. The first-order chi connectivity index (χ1) is 13.7. The van der Waals surface area contributed by atoms with Gasteiger partial charge in [0.1, 0.15) is 11.6 Å². The molecule has 3 aromatic rings. The minimum atomic E-state index is -0.248. The van der Waals surface area contributed by atoms with Crippen LogP contribution in [0.1, 0.15) is 51.9 Å². The van der Waals surface area contributed by atoms with E-state index < -0.39 is 0 Å². The van der Waals surface area contributed by atoms with Gasteiger partial charge in [-0.15, -0.1) is 10.2 Å². The zero-order valence-electron chi connectivity index (χ0n) is 15.4. The summed E-state index contributed by atoms with van der Waals surface area (Å²) in [6, 6.07) is 6.68. The molecule has 1 amide bonds. The minimum Gasteiger partial charge on any atom is -0.350 e. The van der Waals surface area contributed by atoms with E-state index in [4.69, 9.17) is 4.52 Å². The topological polar surface area (TPSA) is 77.0 Å². The molecule has 0 unspecified atom stereocenters. The second kappa shape index (κ2) is 6.85. The third-order valence-corrected chi connectivity index (χ3v) is 5.58. The predicted molar refractivity (Wildman–Crippen MR) is 97.1 cm³/mol. The van der Waals surface area contributed by atoms with Gasteiger partial charge in [0.15, 0.2) is 5.82 Å². The number of carbonyl (C=O) groups excluding carboxylic acids is 1. The van der Waals surface area contributed by atoms with Gasteiger partial charge in [0.05, 0.1) is 12.2 Å². The summed E-state index contributed by atoms with van der Waals surface area (Å²) >= 11 is 0. The third-order valence-electron chi connectivity index (χ3n) is 5.58. The third kappa shape index (κ3) is 2.89. The Balaban J connectivity index is 1.35. The standard InChI is InChI=1S/C20H20FN5O2/c21-15-7-3-1-5-13(15)11-17-22-23-18-12-25(9-10-26(17)18)20(27)19-14-6-2-4-8-16(14)24-28-19/h1,3,5,7H,2,4,6,8-12H2. The van der Waals surface area contributed by atoms with Crippen molar-refractivity contribution in [2.45, 2.75) is 45.2 Å². The summed E-state index contributed by atoms with van der Waals surface area (Å²) in [6.07, 6.45) is 4.24. The lowest BCUT2D eigenvalue weighted by Crippen LogP contribution is -2.39. The van der Waals surface area contributed by atoms with E-state index in [1.54, 1.807) is 17.0 Å². The second-order valence-corrected chi connectivity index (χ2v) is 7.32. The van der Waals surface area contributed by atoms with Crippen LogP contribution in [0.5, 0.6) is 0 Å². The number of rotatable bonds is 3. The number of amides is 1. The Kier molecular flexibility index (Phi) is 4.18. The molecular weight excluding hydrogens is 361 g/mol. The Hall–Kier alpha value is -3.03. The molecule has 0 fully saturated rings. The maximum absolute atomic E-state index is 13.9. The van der Waals surface area contributed by atoms with Crippen molar-refractivity contribution >= 4 is 5.91 Å². The van der Waals surface area contributed by atoms with E-state index in [0.29, 0.717) is 49.0 Å². The monoisotopic (exact) mass is 381 g/mol. The predicted octanol–water partition coefficient (Wildman–Crippen LogP) is 2.53. The molecule has 0 spiro atoms. The highest BCUT2D eigenvalue weighted by Gasteiger charge is 2.31. The van der Waals surface area contributed by atoms with E-state index in [2.05, 4.69) is 15.4 Å². The summed E-state index contributed by atoms with van der Waals surface area (Å²) in [5.74, 6) is 1.40. The number of aryl methyl sites for hydroxylation is 1. The van der Waals surface area contributed by atoms with Crippen LogP contribution in [0.4, 0.5) is 4.39 Å². The van der Waals surface area contributed by atoms with Crippen molar-refractivity contribution in [2.24, 2.45) is 0 Å². The molecule has 0 N–H and O–H groups in total.